The van der Waals surface area contributed by atoms with Crippen molar-refractivity contribution in [1.82, 2.24) is 15.0 Å². The molecule has 1 aromatic rings. The van der Waals surface area contributed by atoms with E-state index in [1.807, 2.05) is 13.8 Å². The third-order valence-electron chi connectivity index (χ3n) is 3.24. The van der Waals surface area contributed by atoms with Crippen LogP contribution in [0.15, 0.2) is 0 Å². The van der Waals surface area contributed by atoms with Gasteiger partial charge in [0.15, 0.2) is 0 Å². The summed E-state index contributed by atoms with van der Waals surface area (Å²) in [5.74, 6) is 0.479. The molecule has 1 aliphatic rings. The SMILES string of the molecule is CCCNc1nc(OC)nc(OC2CC(C)OC(C)C2)n1. The summed E-state index contributed by atoms with van der Waals surface area (Å²) in [4.78, 5) is 12.6. The highest BCUT2D eigenvalue weighted by atomic mass is 16.5. The lowest BCUT2D eigenvalue weighted by Gasteiger charge is -2.31. The molecule has 1 N–H and O–H groups in total. The summed E-state index contributed by atoms with van der Waals surface area (Å²) in [5.41, 5.74) is 0. The fourth-order valence-electron chi connectivity index (χ4n) is 2.39. The van der Waals surface area contributed by atoms with Crippen LogP contribution in [0.3, 0.4) is 0 Å². The molecule has 2 heterocycles. The van der Waals surface area contributed by atoms with Gasteiger partial charge >= 0.3 is 12.0 Å². The lowest BCUT2D eigenvalue weighted by atomic mass is 10.0. The molecule has 2 unspecified atom stereocenters. The Morgan fingerprint density at radius 3 is 2.43 bits per heavy atom. The molecule has 0 amide bonds. The highest BCUT2D eigenvalue weighted by Gasteiger charge is 2.26. The van der Waals surface area contributed by atoms with Crippen LogP contribution in [0.1, 0.15) is 40.0 Å². The average Bonchev–Trinajstić information content (AvgIpc) is 2.43. The van der Waals surface area contributed by atoms with Crippen LogP contribution in [-0.2, 0) is 4.74 Å². The third kappa shape index (κ3) is 4.70. The molecule has 0 aliphatic carbocycles. The number of rotatable bonds is 6. The minimum absolute atomic E-state index is 0.0508. The van der Waals surface area contributed by atoms with Crippen LogP contribution < -0.4 is 14.8 Å². The maximum absolute atomic E-state index is 5.90. The zero-order valence-corrected chi connectivity index (χ0v) is 13.1. The second-order valence-corrected chi connectivity index (χ2v) is 5.32. The van der Waals surface area contributed by atoms with E-state index < -0.39 is 0 Å². The van der Waals surface area contributed by atoms with Gasteiger partial charge < -0.3 is 19.5 Å². The molecular formula is C14H24N4O3. The maximum atomic E-state index is 5.90. The molecule has 21 heavy (non-hydrogen) atoms. The predicted octanol–water partition coefficient (Wildman–Crippen LogP) is 2.04. The Balaban J connectivity index is 2.07. The molecule has 7 nitrogen and oxygen atoms in total. The maximum Gasteiger partial charge on any atom is 0.324 e. The van der Waals surface area contributed by atoms with E-state index in [9.17, 15) is 0 Å². The molecule has 1 aliphatic heterocycles. The summed E-state index contributed by atoms with van der Waals surface area (Å²) in [6.45, 7) is 6.97. The standard InChI is InChI=1S/C14H24N4O3/c1-5-6-15-12-16-13(19-4)18-14(17-12)21-11-7-9(2)20-10(3)8-11/h9-11H,5-8H2,1-4H3,(H,15,16,17,18). The van der Waals surface area contributed by atoms with E-state index in [1.54, 1.807) is 0 Å². The molecule has 1 saturated heterocycles. The highest BCUT2D eigenvalue weighted by molar-refractivity contribution is 5.27. The van der Waals surface area contributed by atoms with Gasteiger partial charge in [-0.2, -0.15) is 9.97 Å². The molecule has 0 spiro atoms. The van der Waals surface area contributed by atoms with Crippen molar-refractivity contribution in [2.24, 2.45) is 0 Å². The first-order chi connectivity index (χ1) is 10.1. The summed E-state index contributed by atoms with van der Waals surface area (Å²) >= 11 is 0. The highest BCUT2D eigenvalue weighted by Crippen LogP contribution is 2.23. The molecule has 0 aromatic carbocycles. The van der Waals surface area contributed by atoms with Gasteiger partial charge in [0, 0.05) is 19.4 Å². The zero-order chi connectivity index (χ0) is 15.2. The van der Waals surface area contributed by atoms with E-state index in [4.69, 9.17) is 14.2 Å². The molecule has 0 saturated carbocycles. The van der Waals surface area contributed by atoms with E-state index in [2.05, 4.69) is 27.2 Å². The number of hydrogen-bond donors (Lipinski definition) is 1. The number of methoxy groups -OCH3 is 1. The van der Waals surface area contributed by atoms with Crippen LogP contribution in [0.4, 0.5) is 5.95 Å². The lowest BCUT2D eigenvalue weighted by molar-refractivity contribution is -0.0739. The second kappa shape index (κ2) is 7.40. The normalized spacial score (nSPS) is 25.4. The Morgan fingerprint density at radius 2 is 1.81 bits per heavy atom. The number of hydrogen-bond acceptors (Lipinski definition) is 7. The smallest absolute Gasteiger partial charge is 0.324 e. The molecule has 7 heteroatoms. The molecule has 0 bridgehead atoms. The largest absolute Gasteiger partial charge is 0.467 e. The van der Waals surface area contributed by atoms with Gasteiger partial charge in [-0.3, -0.25) is 0 Å². The van der Waals surface area contributed by atoms with Gasteiger partial charge in [-0.15, -0.1) is 4.98 Å². The molecule has 2 rings (SSSR count). The topological polar surface area (TPSA) is 78.4 Å². The number of anilines is 1. The Hall–Kier alpha value is -1.63. The Bertz CT molecular complexity index is 448. The number of nitrogens with zero attached hydrogens (tertiary/aromatic N) is 3. The molecule has 2 atom stereocenters. The molecule has 1 aromatic heterocycles. The first-order valence-corrected chi connectivity index (χ1v) is 7.46. The van der Waals surface area contributed by atoms with Crippen molar-refractivity contribution in [2.45, 2.75) is 58.3 Å². The first-order valence-electron chi connectivity index (χ1n) is 7.46. The van der Waals surface area contributed by atoms with E-state index in [1.165, 1.54) is 7.11 Å². The number of nitrogens with one attached hydrogen (secondary N) is 1. The zero-order valence-electron chi connectivity index (χ0n) is 13.1. The molecular weight excluding hydrogens is 272 g/mol. The van der Waals surface area contributed by atoms with Crippen molar-refractivity contribution in [2.75, 3.05) is 19.0 Å². The van der Waals surface area contributed by atoms with Crippen molar-refractivity contribution in [1.29, 1.82) is 0 Å². The quantitative estimate of drug-likeness (QED) is 0.860. The van der Waals surface area contributed by atoms with Crippen LogP contribution in [0.2, 0.25) is 0 Å². The number of aromatic nitrogens is 3. The van der Waals surface area contributed by atoms with Gasteiger partial charge in [-0.1, -0.05) is 6.92 Å². The summed E-state index contributed by atoms with van der Waals surface area (Å²) in [5, 5.41) is 3.12. The predicted molar refractivity (Wildman–Crippen MR) is 78.8 cm³/mol. The van der Waals surface area contributed by atoms with Gasteiger partial charge in [-0.25, -0.2) is 0 Å². The fourth-order valence-corrected chi connectivity index (χ4v) is 2.39. The third-order valence-corrected chi connectivity index (χ3v) is 3.24. The van der Waals surface area contributed by atoms with E-state index >= 15 is 0 Å². The average molecular weight is 296 g/mol. The summed E-state index contributed by atoms with van der Waals surface area (Å²) in [6, 6.07) is 0.554. The van der Waals surface area contributed by atoms with Crippen molar-refractivity contribution in [3.05, 3.63) is 0 Å². The minimum Gasteiger partial charge on any atom is -0.467 e. The first kappa shape index (κ1) is 15.8. The van der Waals surface area contributed by atoms with E-state index in [-0.39, 0.29) is 24.3 Å². The minimum atomic E-state index is 0.0508. The van der Waals surface area contributed by atoms with Crippen LogP contribution in [0, 0.1) is 0 Å². The lowest BCUT2D eigenvalue weighted by Crippen LogP contribution is -2.36. The van der Waals surface area contributed by atoms with Crippen LogP contribution in [0.5, 0.6) is 12.0 Å². The fraction of sp³-hybridized carbons (Fsp3) is 0.786. The van der Waals surface area contributed by atoms with Gasteiger partial charge in [-0.05, 0) is 20.3 Å². The monoisotopic (exact) mass is 296 g/mol. The van der Waals surface area contributed by atoms with E-state index in [0.717, 1.165) is 25.8 Å². The van der Waals surface area contributed by atoms with Crippen molar-refractivity contribution in [3.8, 4) is 12.0 Å². The summed E-state index contributed by atoms with van der Waals surface area (Å²) in [6.07, 6.45) is 3.06. The Labute approximate surface area is 125 Å². The molecule has 1 fully saturated rings. The van der Waals surface area contributed by atoms with Gasteiger partial charge in [0.25, 0.3) is 0 Å². The van der Waals surface area contributed by atoms with Gasteiger partial charge in [0.05, 0.1) is 19.3 Å². The van der Waals surface area contributed by atoms with Crippen LogP contribution in [-0.4, -0.2) is 46.9 Å². The van der Waals surface area contributed by atoms with Crippen molar-refractivity contribution < 1.29 is 14.2 Å². The second-order valence-electron chi connectivity index (χ2n) is 5.32. The van der Waals surface area contributed by atoms with Crippen molar-refractivity contribution in [3.63, 3.8) is 0 Å². The van der Waals surface area contributed by atoms with Crippen LogP contribution in [0.25, 0.3) is 0 Å². The van der Waals surface area contributed by atoms with E-state index in [0.29, 0.717) is 12.0 Å². The van der Waals surface area contributed by atoms with Crippen molar-refractivity contribution >= 4 is 5.95 Å². The van der Waals surface area contributed by atoms with Gasteiger partial charge in [0.1, 0.15) is 6.10 Å². The molecule has 0 radical (unpaired) electrons. The molecule has 118 valence electrons. The number of ether oxygens (including phenoxy) is 3. The Morgan fingerprint density at radius 1 is 1.14 bits per heavy atom. The van der Waals surface area contributed by atoms with Gasteiger partial charge in [0.2, 0.25) is 5.95 Å². The van der Waals surface area contributed by atoms with Crippen LogP contribution >= 0.6 is 0 Å². The summed E-state index contributed by atoms with van der Waals surface area (Å²) < 4.78 is 16.7. The Kier molecular flexibility index (Phi) is 5.55. The summed E-state index contributed by atoms with van der Waals surface area (Å²) in [7, 11) is 1.53.